The van der Waals surface area contributed by atoms with Crippen LogP contribution >= 0.6 is 11.6 Å². The van der Waals surface area contributed by atoms with Crippen LogP contribution < -0.4 is 10.6 Å². The van der Waals surface area contributed by atoms with E-state index < -0.39 is 0 Å². The number of halogens is 1. The molecule has 0 saturated carbocycles. The number of hydrogen-bond donors (Lipinski definition) is 1. The molecule has 0 bridgehead atoms. The van der Waals surface area contributed by atoms with Crippen molar-refractivity contribution in [2.45, 2.75) is 6.42 Å². The van der Waals surface area contributed by atoms with Crippen molar-refractivity contribution >= 4 is 23.2 Å². The van der Waals surface area contributed by atoms with Crippen LogP contribution in [-0.4, -0.2) is 19.0 Å². The predicted molar refractivity (Wildman–Crippen MR) is 61.0 cm³/mol. The molecule has 3 nitrogen and oxygen atoms in total. The number of carbonyl (C=O) groups is 1. The Balaban J connectivity index is 2.18. The van der Waals surface area contributed by atoms with E-state index in [-0.39, 0.29) is 11.8 Å². The maximum absolute atomic E-state index is 11.7. The smallest absolute Gasteiger partial charge is 0.227 e. The van der Waals surface area contributed by atoms with Gasteiger partial charge < -0.3 is 10.6 Å². The van der Waals surface area contributed by atoms with Gasteiger partial charge in [-0.05, 0) is 36.7 Å². The quantitative estimate of drug-likeness (QED) is 0.831. The first-order valence-electron chi connectivity index (χ1n) is 4.96. The van der Waals surface area contributed by atoms with E-state index in [1.54, 1.807) is 17.0 Å². The van der Waals surface area contributed by atoms with Gasteiger partial charge in [-0.1, -0.05) is 11.6 Å². The molecular weight excluding hydrogens is 212 g/mol. The maximum Gasteiger partial charge on any atom is 0.227 e. The summed E-state index contributed by atoms with van der Waals surface area (Å²) in [4.78, 5) is 13.4. The second kappa shape index (κ2) is 4.21. The van der Waals surface area contributed by atoms with Gasteiger partial charge in [0, 0.05) is 23.7 Å². The van der Waals surface area contributed by atoms with Gasteiger partial charge in [-0.3, -0.25) is 4.79 Å². The summed E-state index contributed by atoms with van der Waals surface area (Å²) in [5, 5.41) is 0.681. The monoisotopic (exact) mass is 224 g/mol. The summed E-state index contributed by atoms with van der Waals surface area (Å²) in [6, 6.07) is 7.30. The predicted octanol–water partition coefficient (Wildman–Crippen LogP) is 1.65. The van der Waals surface area contributed by atoms with E-state index in [1.807, 2.05) is 12.1 Å². The fourth-order valence-corrected chi connectivity index (χ4v) is 1.94. The lowest BCUT2D eigenvalue weighted by atomic mass is 10.1. The third kappa shape index (κ3) is 2.13. The average molecular weight is 225 g/mol. The Kier molecular flexibility index (Phi) is 2.93. The van der Waals surface area contributed by atoms with Crippen molar-refractivity contribution in [3.05, 3.63) is 29.3 Å². The van der Waals surface area contributed by atoms with Gasteiger partial charge in [0.15, 0.2) is 0 Å². The van der Waals surface area contributed by atoms with Gasteiger partial charge in [0.1, 0.15) is 0 Å². The Morgan fingerprint density at radius 2 is 2.07 bits per heavy atom. The van der Waals surface area contributed by atoms with E-state index in [1.165, 1.54) is 0 Å². The lowest BCUT2D eigenvalue weighted by Crippen LogP contribution is -2.25. The highest BCUT2D eigenvalue weighted by molar-refractivity contribution is 6.30. The molecule has 2 N–H and O–H groups in total. The van der Waals surface area contributed by atoms with Crippen molar-refractivity contribution in [3.63, 3.8) is 0 Å². The van der Waals surface area contributed by atoms with Crippen molar-refractivity contribution in [2.75, 3.05) is 18.0 Å². The fraction of sp³-hybridized carbons (Fsp3) is 0.364. The van der Waals surface area contributed by atoms with Gasteiger partial charge >= 0.3 is 0 Å². The first-order valence-corrected chi connectivity index (χ1v) is 5.34. The molecular formula is C11H13ClN2O. The molecule has 1 aliphatic heterocycles. The lowest BCUT2D eigenvalue weighted by Gasteiger charge is -2.16. The number of nitrogens with two attached hydrogens (primary N) is 1. The fourth-order valence-electron chi connectivity index (χ4n) is 1.81. The third-order valence-corrected chi connectivity index (χ3v) is 2.93. The van der Waals surface area contributed by atoms with E-state index in [4.69, 9.17) is 17.3 Å². The largest absolute Gasteiger partial charge is 0.330 e. The molecule has 2 rings (SSSR count). The Bertz CT molecular complexity index is 363. The van der Waals surface area contributed by atoms with E-state index in [0.717, 1.165) is 12.2 Å². The molecule has 1 amide bonds. The first-order chi connectivity index (χ1) is 7.20. The minimum Gasteiger partial charge on any atom is -0.330 e. The topological polar surface area (TPSA) is 46.3 Å². The van der Waals surface area contributed by atoms with Gasteiger partial charge in [0.05, 0.1) is 0 Å². The van der Waals surface area contributed by atoms with Gasteiger partial charge in [-0.25, -0.2) is 0 Å². The van der Waals surface area contributed by atoms with Crippen molar-refractivity contribution in [1.82, 2.24) is 0 Å². The molecule has 0 unspecified atom stereocenters. The van der Waals surface area contributed by atoms with Crippen LogP contribution in [-0.2, 0) is 4.79 Å². The summed E-state index contributed by atoms with van der Waals surface area (Å²) in [6.07, 6.45) is 0.555. The normalized spacial score (nSPS) is 21.1. The van der Waals surface area contributed by atoms with E-state index >= 15 is 0 Å². The highest BCUT2D eigenvalue weighted by Crippen LogP contribution is 2.25. The minimum absolute atomic E-state index is 0.146. The van der Waals surface area contributed by atoms with E-state index in [0.29, 0.717) is 18.0 Å². The maximum atomic E-state index is 11.7. The van der Waals surface area contributed by atoms with Crippen molar-refractivity contribution in [3.8, 4) is 0 Å². The summed E-state index contributed by atoms with van der Waals surface area (Å²) in [7, 11) is 0. The SMILES string of the molecule is NC[C@H]1CC(=O)N(c2ccc(Cl)cc2)C1. The van der Waals surface area contributed by atoms with Gasteiger partial charge in [0.2, 0.25) is 5.91 Å². The average Bonchev–Trinajstić information content (AvgIpc) is 2.61. The molecule has 0 radical (unpaired) electrons. The molecule has 80 valence electrons. The van der Waals surface area contributed by atoms with Gasteiger partial charge in [0.25, 0.3) is 0 Å². The molecule has 1 heterocycles. The van der Waals surface area contributed by atoms with Gasteiger partial charge in [-0.2, -0.15) is 0 Å². The second-order valence-electron chi connectivity index (χ2n) is 3.79. The minimum atomic E-state index is 0.146. The number of hydrogen-bond acceptors (Lipinski definition) is 2. The molecule has 1 aromatic carbocycles. The van der Waals surface area contributed by atoms with Gasteiger partial charge in [-0.15, -0.1) is 0 Å². The molecule has 0 aromatic heterocycles. The van der Waals surface area contributed by atoms with Crippen LogP contribution in [0.2, 0.25) is 5.02 Å². The summed E-state index contributed by atoms with van der Waals surface area (Å²) < 4.78 is 0. The Labute approximate surface area is 93.8 Å². The van der Waals surface area contributed by atoms with Crippen LogP contribution in [0.4, 0.5) is 5.69 Å². The lowest BCUT2D eigenvalue weighted by molar-refractivity contribution is -0.117. The summed E-state index contributed by atoms with van der Waals surface area (Å²) in [5.41, 5.74) is 6.46. The highest BCUT2D eigenvalue weighted by Gasteiger charge is 2.29. The molecule has 0 aliphatic carbocycles. The molecule has 4 heteroatoms. The third-order valence-electron chi connectivity index (χ3n) is 2.68. The van der Waals surface area contributed by atoms with E-state index in [9.17, 15) is 4.79 Å². The molecule has 1 fully saturated rings. The number of carbonyl (C=O) groups excluding carboxylic acids is 1. The zero-order chi connectivity index (χ0) is 10.8. The standard InChI is InChI=1S/C11H13ClN2O/c12-9-1-3-10(4-2-9)14-7-8(6-13)5-11(14)15/h1-4,8H,5-7,13H2/t8-/m1/s1. The second-order valence-corrected chi connectivity index (χ2v) is 4.22. The Morgan fingerprint density at radius 1 is 1.40 bits per heavy atom. The number of nitrogens with zero attached hydrogens (tertiary/aromatic N) is 1. The molecule has 1 aromatic rings. The van der Waals surface area contributed by atoms with Crippen molar-refractivity contribution < 1.29 is 4.79 Å². The molecule has 1 saturated heterocycles. The summed E-state index contributed by atoms with van der Waals surface area (Å²) in [5.74, 6) is 0.431. The highest BCUT2D eigenvalue weighted by atomic mass is 35.5. The molecule has 1 atom stereocenters. The van der Waals surface area contributed by atoms with Crippen LogP contribution in [0.5, 0.6) is 0 Å². The van der Waals surface area contributed by atoms with Crippen LogP contribution in [0.3, 0.4) is 0 Å². The van der Waals surface area contributed by atoms with Crippen LogP contribution in [0.15, 0.2) is 24.3 Å². The number of anilines is 1. The van der Waals surface area contributed by atoms with Crippen LogP contribution in [0.25, 0.3) is 0 Å². The molecule has 0 spiro atoms. The van der Waals surface area contributed by atoms with Crippen molar-refractivity contribution in [2.24, 2.45) is 11.7 Å². The number of amides is 1. The zero-order valence-electron chi connectivity index (χ0n) is 8.32. The van der Waals surface area contributed by atoms with Crippen LogP contribution in [0.1, 0.15) is 6.42 Å². The zero-order valence-corrected chi connectivity index (χ0v) is 9.07. The van der Waals surface area contributed by atoms with Crippen LogP contribution in [0, 0.1) is 5.92 Å². The first kappa shape index (κ1) is 10.5. The summed E-state index contributed by atoms with van der Waals surface area (Å²) >= 11 is 5.79. The summed E-state index contributed by atoms with van der Waals surface area (Å²) in [6.45, 7) is 1.28. The molecule has 1 aliphatic rings. The Morgan fingerprint density at radius 3 is 2.60 bits per heavy atom. The van der Waals surface area contributed by atoms with E-state index in [2.05, 4.69) is 0 Å². The molecule has 15 heavy (non-hydrogen) atoms. The number of benzene rings is 1. The van der Waals surface area contributed by atoms with Crippen molar-refractivity contribution in [1.29, 1.82) is 0 Å². The Hall–Kier alpha value is -1.06. The number of rotatable bonds is 2.